The molecular formula is C28H36BrN7O2. The number of piperazine rings is 1. The van der Waals surface area contributed by atoms with Crippen molar-refractivity contribution in [3.63, 3.8) is 0 Å². The van der Waals surface area contributed by atoms with Crippen molar-refractivity contribution >= 4 is 27.7 Å². The van der Waals surface area contributed by atoms with Gasteiger partial charge in [-0.2, -0.15) is 0 Å². The van der Waals surface area contributed by atoms with Gasteiger partial charge in [-0.1, -0.05) is 35.0 Å². The van der Waals surface area contributed by atoms with Gasteiger partial charge in [-0.15, -0.1) is 0 Å². The summed E-state index contributed by atoms with van der Waals surface area (Å²) in [7, 11) is 0. The topological polar surface area (TPSA) is 99.4 Å². The monoisotopic (exact) mass is 581 g/mol. The predicted octanol–water partition coefficient (Wildman–Crippen LogP) is 3.48. The van der Waals surface area contributed by atoms with Crippen molar-refractivity contribution in [1.29, 1.82) is 0 Å². The Morgan fingerprint density at radius 2 is 1.95 bits per heavy atom. The Hall–Kier alpha value is -2.82. The fourth-order valence-corrected chi connectivity index (χ4v) is 5.88. The van der Waals surface area contributed by atoms with Gasteiger partial charge in [-0.25, -0.2) is 15.0 Å². The number of imidazole rings is 1. The van der Waals surface area contributed by atoms with Crippen molar-refractivity contribution in [3.8, 4) is 0 Å². The number of rotatable bonds is 10. The number of anilines is 1. The van der Waals surface area contributed by atoms with E-state index >= 15 is 0 Å². The van der Waals surface area contributed by atoms with Crippen molar-refractivity contribution < 1.29 is 9.90 Å². The van der Waals surface area contributed by atoms with Crippen LogP contribution in [0.2, 0.25) is 0 Å². The van der Waals surface area contributed by atoms with Gasteiger partial charge < -0.3 is 24.8 Å². The number of benzene rings is 1. The highest BCUT2D eigenvalue weighted by molar-refractivity contribution is 9.10. The quantitative estimate of drug-likeness (QED) is 0.353. The molecule has 202 valence electrons. The normalized spacial score (nSPS) is 20.0. The van der Waals surface area contributed by atoms with Gasteiger partial charge in [0.15, 0.2) is 0 Å². The van der Waals surface area contributed by atoms with Crippen LogP contribution in [-0.4, -0.2) is 74.7 Å². The Labute approximate surface area is 232 Å². The third-order valence-electron chi connectivity index (χ3n) is 7.68. The number of halogens is 1. The summed E-state index contributed by atoms with van der Waals surface area (Å²) in [5.74, 6) is 1.14. The molecule has 2 aromatic heterocycles. The number of hydrogen-bond acceptors (Lipinski definition) is 7. The molecule has 3 aromatic rings. The summed E-state index contributed by atoms with van der Waals surface area (Å²) in [6.45, 7) is 7.48. The smallest absolute Gasteiger partial charge is 0.230 e. The first-order valence-electron chi connectivity index (χ1n) is 13.5. The zero-order valence-corrected chi connectivity index (χ0v) is 23.4. The zero-order chi connectivity index (χ0) is 26.5. The Bertz CT molecular complexity index is 1200. The number of nitrogens with zero attached hydrogens (tertiary/aromatic N) is 6. The highest BCUT2D eigenvalue weighted by Crippen LogP contribution is 2.42. The molecule has 1 aliphatic carbocycles. The third kappa shape index (κ3) is 6.08. The molecule has 0 radical (unpaired) electrons. The summed E-state index contributed by atoms with van der Waals surface area (Å²) < 4.78 is 3.09. The van der Waals surface area contributed by atoms with Crippen LogP contribution in [-0.2, 0) is 11.3 Å². The van der Waals surface area contributed by atoms with E-state index in [1.54, 1.807) is 12.5 Å². The predicted molar refractivity (Wildman–Crippen MR) is 150 cm³/mol. The molecule has 0 spiro atoms. The average molecular weight is 583 g/mol. The standard InChI is InChI=1S/C28H36BrN7O2/c1-20-17-24(37)26-25(20)27(33-18-32-26)35-13-15-36(16-14-35)28(38)23(21-3-5-22(29)6-4-21)7-9-30-8-2-11-34-12-10-31-19-34/h3-6,10,12,18-20,23-24,30,37H,2,7-9,11,13-17H2,1H3/t20-,23-,24-/m1/s1. The molecule has 1 fully saturated rings. The van der Waals surface area contributed by atoms with Gasteiger partial charge in [0.05, 0.1) is 24.0 Å². The van der Waals surface area contributed by atoms with E-state index in [9.17, 15) is 9.90 Å². The first-order valence-corrected chi connectivity index (χ1v) is 14.3. The molecule has 10 heteroatoms. The molecule has 0 bridgehead atoms. The van der Waals surface area contributed by atoms with Gasteiger partial charge in [0.1, 0.15) is 12.1 Å². The maximum absolute atomic E-state index is 13.8. The maximum Gasteiger partial charge on any atom is 0.230 e. The zero-order valence-electron chi connectivity index (χ0n) is 21.8. The summed E-state index contributed by atoms with van der Waals surface area (Å²) in [5.41, 5.74) is 2.87. The molecule has 3 atom stereocenters. The van der Waals surface area contributed by atoms with E-state index in [4.69, 9.17) is 0 Å². The second-order valence-corrected chi connectivity index (χ2v) is 11.2. The van der Waals surface area contributed by atoms with E-state index in [1.807, 2.05) is 29.6 Å². The number of aliphatic hydroxyl groups is 1. The largest absolute Gasteiger partial charge is 0.387 e. The van der Waals surface area contributed by atoms with Gasteiger partial charge >= 0.3 is 0 Å². The lowest BCUT2D eigenvalue weighted by molar-refractivity contribution is -0.133. The SMILES string of the molecule is C[C@@H]1C[C@@H](O)c2ncnc(N3CCN(C(=O)[C@H](CCNCCCn4ccnc4)c4ccc(Br)cc4)CC3)c21. The number of fused-ring (bicyclic) bond motifs is 1. The molecule has 1 aromatic carbocycles. The third-order valence-corrected chi connectivity index (χ3v) is 8.21. The van der Waals surface area contributed by atoms with Gasteiger partial charge in [0, 0.05) is 55.2 Å². The molecule has 9 nitrogen and oxygen atoms in total. The lowest BCUT2D eigenvalue weighted by atomic mass is 9.93. The minimum atomic E-state index is -0.518. The van der Waals surface area contributed by atoms with Crippen LogP contribution in [0.5, 0.6) is 0 Å². The first kappa shape index (κ1) is 26.8. The molecule has 0 unspecified atom stereocenters. The van der Waals surface area contributed by atoms with E-state index in [0.29, 0.717) is 19.5 Å². The number of nitrogens with one attached hydrogen (secondary N) is 1. The molecule has 2 N–H and O–H groups in total. The molecule has 3 heterocycles. The molecule has 5 rings (SSSR count). The number of amides is 1. The summed E-state index contributed by atoms with van der Waals surface area (Å²) in [6, 6.07) is 8.13. The number of carbonyl (C=O) groups is 1. The molecule has 38 heavy (non-hydrogen) atoms. The molecule has 1 aliphatic heterocycles. The van der Waals surface area contributed by atoms with Gasteiger partial charge in [-0.3, -0.25) is 4.79 Å². The van der Waals surface area contributed by atoms with Crippen LogP contribution in [0.25, 0.3) is 0 Å². The fourth-order valence-electron chi connectivity index (χ4n) is 5.62. The Morgan fingerprint density at radius 1 is 1.16 bits per heavy atom. The van der Waals surface area contributed by atoms with Crippen LogP contribution < -0.4 is 10.2 Å². The van der Waals surface area contributed by atoms with E-state index in [1.165, 1.54) is 0 Å². The molecule has 0 saturated carbocycles. The van der Waals surface area contributed by atoms with E-state index in [2.05, 4.69) is 64.7 Å². The summed E-state index contributed by atoms with van der Waals surface area (Å²) >= 11 is 3.52. The second-order valence-electron chi connectivity index (χ2n) is 10.3. The van der Waals surface area contributed by atoms with E-state index in [-0.39, 0.29) is 17.7 Å². The summed E-state index contributed by atoms with van der Waals surface area (Å²) in [4.78, 5) is 31.0. The molecular weight excluding hydrogens is 546 g/mol. The lowest BCUT2D eigenvalue weighted by Crippen LogP contribution is -2.50. The van der Waals surface area contributed by atoms with Crippen LogP contribution in [0.1, 0.15) is 60.9 Å². The number of aliphatic hydroxyl groups excluding tert-OH is 1. The van der Waals surface area contributed by atoms with Crippen molar-refractivity contribution in [2.75, 3.05) is 44.2 Å². The summed E-state index contributed by atoms with van der Waals surface area (Å²) in [5, 5.41) is 13.9. The molecule has 1 amide bonds. The van der Waals surface area contributed by atoms with Crippen LogP contribution in [0.4, 0.5) is 5.82 Å². The van der Waals surface area contributed by atoms with E-state index in [0.717, 1.165) is 72.7 Å². The van der Waals surface area contributed by atoms with Crippen molar-refractivity contribution in [2.24, 2.45) is 0 Å². The highest BCUT2D eigenvalue weighted by Gasteiger charge is 2.35. The molecule has 1 saturated heterocycles. The van der Waals surface area contributed by atoms with Crippen LogP contribution in [0.15, 0.2) is 53.8 Å². The number of aromatic nitrogens is 4. The minimum Gasteiger partial charge on any atom is -0.387 e. The maximum atomic E-state index is 13.8. The van der Waals surface area contributed by atoms with Gasteiger partial charge in [-0.05, 0) is 56.0 Å². The number of hydrogen-bond donors (Lipinski definition) is 2. The Balaban J connectivity index is 1.19. The van der Waals surface area contributed by atoms with E-state index < -0.39 is 6.10 Å². The van der Waals surface area contributed by atoms with Crippen molar-refractivity contribution in [3.05, 3.63) is 70.6 Å². The lowest BCUT2D eigenvalue weighted by Gasteiger charge is -2.38. The van der Waals surface area contributed by atoms with Gasteiger partial charge in [0.25, 0.3) is 0 Å². The average Bonchev–Trinajstić information content (AvgIpc) is 3.56. The van der Waals surface area contributed by atoms with Crippen molar-refractivity contribution in [2.45, 2.75) is 50.7 Å². The number of aryl methyl sites for hydroxylation is 1. The Kier molecular flexibility index (Phi) is 8.71. The number of carbonyl (C=O) groups excluding carboxylic acids is 1. The highest BCUT2D eigenvalue weighted by atomic mass is 79.9. The molecule has 2 aliphatic rings. The van der Waals surface area contributed by atoms with Crippen LogP contribution in [0.3, 0.4) is 0 Å². The van der Waals surface area contributed by atoms with Crippen LogP contribution in [0, 0.1) is 0 Å². The Morgan fingerprint density at radius 3 is 2.68 bits per heavy atom. The van der Waals surface area contributed by atoms with Gasteiger partial charge in [0.2, 0.25) is 5.91 Å². The van der Waals surface area contributed by atoms with Crippen molar-refractivity contribution in [1.82, 2.24) is 29.7 Å². The fraction of sp³-hybridized carbons (Fsp3) is 0.500. The summed E-state index contributed by atoms with van der Waals surface area (Å²) in [6.07, 6.45) is 9.10. The first-order chi connectivity index (χ1) is 18.5. The minimum absolute atomic E-state index is 0.184. The van der Waals surface area contributed by atoms with Crippen LogP contribution >= 0.6 is 15.9 Å². The second kappa shape index (κ2) is 12.4.